The van der Waals surface area contributed by atoms with Crippen LogP contribution in [0.1, 0.15) is 35.8 Å². The van der Waals surface area contributed by atoms with Gasteiger partial charge in [0.25, 0.3) is 5.56 Å². The maximum absolute atomic E-state index is 13.4. The number of nitrogens with zero attached hydrogens (tertiary/aromatic N) is 4. The van der Waals surface area contributed by atoms with E-state index in [9.17, 15) is 13.6 Å². The van der Waals surface area contributed by atoms with Crippen molar-refractivity contribution in [2.24, 2.45) is 0 Å². The van der Waals surface area contributed by atoms with E-state index in [1.807, 2.05) is 6.07 Å². The summed E-state index contributed by atoms with van der Waals surface area (Å²) in [6.07, 6.45) is 4.89. The molecule has 152 valence electrons. The number of halogens is 2. The fourth-order valence-corrected chi connectivity index (χ4v) is 3.73. The third-order valence-electron chi connectivity index (χ3n) is 5.13. The van der Waals surface area contributed by atoms with Gasteiger partial charge in [0.1, 0.15) is 22.9 Å². The van der Waals surface area contributed by atoms with Crippen LogP contribution in [0.4, 0.5) is 8.78 Å². The third kappa shape index (κ3) is 4.09. The largest absolute Gasteiger partial charge is 0.433 e. The number of nitrogens with one attached hydrogen (secondary N) is 1. The Kier molecular flexibility index (Phi) is 5.48. The number of aromatic nitrogens is 4. The summed E-state index contributed by atoms with van der Waals surface area (Å²) >= 11 is 0. The van der Waals surface area contributed by atoms with E-state index in [1.54, 1.807) is 13.1 Å². The van der Waals surface area contributed by atoms with Crippen LogP contribution in [-0.4, -0.2) is 39.2 Å². The summed E-state index contributed by atoms with van der Waals surface area (Å²) in [5.41, 5.74) is 1.21. The Morgan fingerprint density at radius 1 is 1.31 bits per heavy atom. The minimum absolute atomic E-state index is 0.0203. The van der Waals surface area contributed by atoms with Gasteiger partial charge in [-0.1, -0.05) is 0 Å². The number of hydrogen-bond donors (Lipinski definition) is 1. The minimum Gasteiger partial charge on any atom is -0.433 e. The maximum Gasteiger partial charge on any atom is 0.387 e. The van der Waals surface area contributed by atoms with Gasteiger partial charge in [-0.25, -0.2) is 9.97 Å². The van der Waals surface area contributed by atoms with E-state index in [0.717, 1.165) is 31.3 Å². The van der Waals surface area contributed by atoms with Crippen LogP contribution >= 0.6 is 0 Å². The second kappa shape index (κ2) is 8.20. The predicted octanol–water partition coefficient (Wildman–Crippen LogP) is 2.61. The smallest absolute Gasteiger partial charge is 0.387 e. The molecule has 0 radical (unpaired) electrons. The fourth-order valence-electron chi connectivity index (χ4n) is 3.73. The van der Waals surface area contributed by atoms with Gasteiger partial charge in [0.2, 0.25) is 0 Å². The summed E-state index contributed by atoms with van der Waals surface area (Å²) in [7, 11) is 0. The number of rotatable bonds is 5. The number of hydrogen-bond acceptors (Lipinski definition) is 6. The minimum atomic E-state index is -2.97. The van der Waals surface area contributed by atoms with E-state index in [0.29, 0.717) is 17.0 Å². The van der Waals surface area contributed by atoms with Crippen molar-refractivity contribution in [1.82, 2.24) is 24.8 Å². The average Bonchev–Trinajstić information content (AvgIpc) is 2.71. The lowest BCUT2D eigenvalue weighted by molar-refractivity contribution is -0.0507. The zero-order valence-electron chi connectivity index (χ0n) is 15.9. The number of aryl methyl sites for hydroxylation is 1. The molecule has 7 nitrogen and oxygen atoms in total. The summed E-state index contributed by atoms with van der Waals surface area (Å²) < 4.78 is 31.6. The Bertz CT molecular complexity index is 1080. The average molecular weight is 401 g/mol. The fraction of sp³-hybridized carbons (Fsp3) is 0.400. The van der Waals surface area contributed by atoms with E-state index in [1.165, 1.54) is 22.9 Å². The second-order valence-corrected chi connectivity index (χ2v) is 7.04. The van der Waals surface area contributed by atoms with Crippen molar-refractivity contribution in [2.45, 2.75) is 38.8 Å². The van der Waals surface area contributed by atoms with E-state index in [-0.39, 0.29) is 29.5 Å². The Labute approximate surface area is 165 Å². The van der Waals surface area contributed by atoms with E-state index < -0.39 is 6.61 Å². The molecule has 1 N–H and O–H groups in total. The molecule has 0 bridgehead atoms. The van der Waals surface area contributed by atoms with E-state index in [2.05, 4.69) is 25.0 Å². The molecule has 0 saturated carbocycles. The highest BCUT2D eigenvalue weighted by Crippen LogP contribution is 2.26. The van der Waals surface area contributed by atoms with Crippen LogP contribution < -0.4 is 15.6 Å². The van der Waals surface area contributed by atoms with Crippen molar-refractivity contribution >= 4 is 11.0 Å². The first-order valence-corrected chi connectivity index (χ1v) is 9.49. The van der Waals surface area contributed by atoms with Gasteiger partial charge in [0.15, 0.2) is 0 Å². The van der Waals surface area contributed by atoms with E-state index in [4.69, 9.17) is 0 Å². The van der Waals surface area contributed by atoms with Crippen LogP contribution in [0.25, 0.3) is 11.0 Å². The van der Waals surface area contributed by atoms with Gasteiger partial charge in [-0.15, -0.1) is 0 Å². The highest BCUT2D eigenvalue weighted by atomic mass is 19.3. The van der Waals surface area contributed by atoms with Crippen molar-refractivity contribution in [3.05, 3.63) is 58.0 Å². The van der Waals surface area contributed by atoms with Gasteiger partial charge in [-0.3, -0.25) is 14.3 Å². The van der Waals surface area contributed by atoms with Gasteiger partial charge >= 0.3 is 6.61 Å². The highest BCUT2D eigenvalue weighted by Gasteiger charge is 2.22. The summed E-state index contributed by atoms with van der Waals surface area (Å²) in [4.78, 5) is 26.2. The molecule has 0 atom stereocenters. The molecule has 29 heavy (non-hydrogen) atoms. The lowest BCUT2D eigenvalue weighted by Gasteiger charge is -2.23. The summed E-state index contributed by atoms with van der Waals surface area (Å²) in [5, 5.41) is 4.03. The first-order valence-electron chi connectivity index (χ1n) is 9.49. The van der Waals surface area contributed by atoms with Crippen LogP contribution in [0, 0.1) is 6.92 Å². The first-order chi connectivity index (χ1) is 14.0. The third-order valence-corrected chi connectivity index (χ3v) is 5.13. The van der Waals surface area contributed by atoms with Crippen LogP contribution in [-0.2, 0) is 6.54 Å². The molecule has 0 aliphatic carbocycles. The van der Waals surface area contributed by atoms with Crippen LogP contribution in [0.2, 0.25) is 0 Å². The Morgan fingerprint density at radius 2 is 2.10 bits per heavy atom. The van der Waals surface area contributed by atoms with Gasteiger partial charge in [-0.05, 0) is 57.0 Å². The van der Waals surface area contributed by atoms with Gasteiger partial charge in [-0.2, -0.15) is 8.78 Å². The topological polar surface area (TPSA) is 81.9 Å². The molecule has 3 aromatic heterocycles. The maximum atomic E-state index is 13.4. The first kappa shape index (κ1) is 19.4. The summed E-state index contributed by atoms with van der Waals surface area (Å²) in [5.74, 6) is 0.590. The zero-order chi connectivity index (χ0) is 20.4. The molecule has 0 unspecified atom stereocenters. The molecule has 0 amide bonds. The molecule has 0 aromatic carbocycles. The lowest BCUT2D eigenvalue weighted by Crippen LogP contribution is -2.32. The van der Waals surface area contributed by atoms with Crippen molar-refractivity contribution in [1.29, 1.82) is 0 Å². The molecule has 1 fully saturated rings. The van der Waals surface area contributed by atoms with Crippen molar-refractivity contribution in [3.63, 3.8) is 0 Å². The molecule has 9 heteroatoms. The number of alkyl halides is 2. The molecule has 3 aromatic rings. The van der Waals surface area contributed by atoms with Gasteiger partial charge in [0, 0.05) is 23.3 Å². The molecule has 1 aliphatic rings. The normalized spacial score (nSPS) is 15.2. The number of piperidine rings is 1. The Hall–Kier alpha value is -2.94. The Morgan fingerprint density at radius 3 is 2.86 bits per heavy atom. The van der Waals surface area contributed by atoms with Gasteiger partial charge < -0.3 is 10.1 Å². The highest BCUT2D eigenvalue weighted by molar-refractivity contribution is 5.75. The van der Waals surface area contributed by atoms with Crippen molar-refractivity contribution in [3.8, 4) is 5.75 Å². The zero-order valence-corrected chi connectivity index (χ0v) is 15.9. The summed E-state index contributed by atoms with van der Waals surface area (Å²) in [6.45, 7) is 0.435. The predicted molar refractivity (Wildman–Crippen MR) is 103 cm³/mol. The monoisotopic (exact) mass is 401 g/mol. The summed E-state index contributed by atoms with van der Waals surface area (Å²) in [6, 6.07) is 4.79. The van der Waals surface area contributed by atoms with Crippen LogP contribution in [0.15, 0.2) is 35.4 Å². The number of pyridine rings is 2. The SMILES string of the molecule is Cc1ncc2cc(C3CCNCC3)c(=O)n(Cc3ncccc3OC(F)F)c2n1. The molecule has 0 spiro atoms. The van der Waals surface area contributed by atoms with E-state index >= 15 is 0 Å². The molecular formula is C20H21F2N5O2. The second-order valence-electron chi connectivity index (χ2n) is 7.04. The van der Waals surface area contributed by atoms with Crippen molar-refractivity contribution < 1.29 is 13.5 Å². The molecular weight excluding hydrogens is 380 g/mol. The van der Waals surface area contributed by atoms with Crippen molar-refractivity contribution in [2.75, 3.05) is 13.1 Å². The standard InChI is InChI=1S/C20H21F2N5O2/c1-12-25-10-14-9-15(13-4-7-23-8-5-13)19(28)27(18(14)26-12)11-16-17(29-20(21)22)3-2-6-24-16/h2-3,6,9-10,13,20,23H,4-5,7-8,11H2,1H3. The quantitative estimate of drug-likeness (QED) is 0.708. The van der Waals surface area contributed by atoms with Crippen LogP contribution in [0.3, 0.4) is 0 Å². The Balaban J connectivity index is 1.85. The van der Waals surface area contributed by atoms with Gasteiger partial charge in [0.05, 0.1) is 6.54 Å². The molecule has 4 rings (SSSR count). The number of ether oxygens (including phenoxy) is 1. The molecule has 1 aliphatic heterocycles. The van der Waals surface area contributed by atoms with Crippen LogP contribution in [0.5, 0.6) is 5.75 Å². The number of fused-ring (bicyclic) bond motifs is 1. The molecule has 4 heterocycles. The lowest BCUT2D eigenvalue weighted by atomic mass is 9.90. The molecule has 1 saturated heterocycles.